The Bertz CT molecular complexity index is 630. The van der Waals surface area contributed by atoms with E-state index in [4.69, 9.17) is 0 Å². The summed E-state index contributed by atoms with van der Waals surface area (Å²) in [4.78, 5) is 28.2. The van der Waals surface area contributed by atoms with Gasteiger partial charge in [0.15, 0.2) is 0 Å². The second-order valence-electron chi connectivity index (χ2n) is 5.69. The summed E-state index contributed by atoms with van der Waals surface area (Å²) < 4.78 is 0. The highest BCUT2D eigenvalue weighted by atomic mass is 32.1. The van der Waals surface area contributed by atoms with Crippen LogP contribution in [-0.4, -0.2) is 35.8 Å². The minimum Gasteiger partial charge on any atom is -0.353 e. The lowest BCUT2D eigenvalue weighted by Crippen LogP contribution is -2.46. The molecule has 0 radical (unpaired) electrons. The molecule has 1 N–H and O–H groups in total. The third-order valence-electron chi connectivity index (χ3n) is 4.06. The molecule has 3 rings (SSSR count). The van der Waals surface area contributed by atoms with E-state index in [0.29, 0.717) is 19.5 Å². The van der Waals surface area contributed by atoms with Crippen molar-refractivity contribution in [1.82, 2.24) is 10.2 Å². The fourth-order valence-corrected chi connectivity index (χ4v) is 4.17. The Kier molecular flexibility index (Phi) is 5.46. The number of hydrogen-bond acceptors (Lipinski definition) is 4. The van der Waals surface area contributed by atoms with Crippen LogP contribution in [0.5, 0.6) is 0 Å². The summed E-state index contributed by atoms with van der Waals surface area (Å²) in [7, 11) is 0. The van der Waals surface area contributed by atoms with Gasteiger partial charge in [0.05, 0.1) is 4.88 Å². The van der Waals surface area contributed by atoms with Gasteiger partial charge in [0.25, 0.3) is 5.91 Å². The van der Waals surface area contributed by atoms with Crippen molar-refractivity contribution in [3.63, 3.8) is 0 Å². The fourth-order valence-electron chi connectivity index (χ4n) is 2.77. The second-order valence-corrected chi connectivity index (χ2v) is 7.67. The molecule has 6 heteroatoms. The quantitative estimate of drug-likeness (QED) is 0.902. The number of carbonyl (C=O) groups excluding carboxylic acids is 2. The number of likely N-dealkylation sites (tertiary alicyclic amines) is 1. The molecule has 0 bridgehead atoms. The highest BCUT2D eigenvalue weighted by molar-refractivity contribution is 7.12. The molecule has 1 aliphatic heterocycles. The third-order valence-corrected chi connectivity index (χ3v) is 5.85. The number of aryl methyl sites for hydroxylation is 1. The van der Waals surface area contributed by atoms with Crippen LogP contribution in [0.2, 0.25) is 0 Å². The largest absolute Gasteiger partial charge is 0.353 e. The molecule has 2 amide bonds. The van der Waals surface area contributed by atoms with Gasteiger partial charge in [-0.25, -0.2) is 0 Å². The van der Waals surface area contributed by atoms with Gasteiger partial charge in [-0.15, -0.1) is 22.7 Å². The van der Waals surface area contributed by atoms with Crippen LogP contribution in [0.15, 0.2) is 35.0 Å². The van der Waals surface area contributed by atoms with Crippen molar-refractivity contribution in [2.24, 2.45) is 0 Å². The Morgan fingerprint density at radius 3 is 2.52 bits per heavy atom. The summed E-state index contributed by atoms with van der Waals surface area (Å²) in [6, 6.07) is 8.03. The van der Waals surface area contributed by atoms with Crippen LogP contribution in [0, 0.1) is 0 Å². The standard InChI is InChI=1S/C17H20N2O2S2/c20-16(6-5-14-3-1-11-22-14)18-13-7-9-19(10-8-13)17(21)15-4-2-12-23-15/h1-4,11-13H,5-10H2,(H,18,20). The van der Waals surface area contributed by atoms with Gasteiger partial charge in [0.2, 0.25) is 5.91 Å². The zero-order valence-corrected chi connectivity index (χ0v) is 14.5. The van der Waals surface area contributed by atoms with Gasteiger partial charge < -0.3 is 10.2 Å². The topological polar surface area (TPSA) is 49.4 Å². The summed E-state index contributed by atoms with van der Waals surface area (Å²) in [5.74, 6) is 0.226. The van der Waals surface area contributed by atoms with Crippen molar-refractivity contribution in [2.45, 2.75) is 31.7 Å². The summed E-state index contributed by atoms with van der Waals surface area (Å²) in [6.07, 6.45) is 3.01. The lowest BCUT2D eigenvalue weighted by molar-refractivity contribution is -0.122. The molecule has 3 heterocycles. The molecule has 1 aliphatic rings. The summed E-state index contributed by atoms with van der Waals surface area (Å²) >= 11 is 3.17. The number of rotatable bonds is 5. The molecule has 0 saturated carbocycles. The number of nitrogens with zero attached hydrogens (tertiary/aromatic N) is 1. The van der Waals surface area contributed by atoms with Gasteiger partial charge >= 0.3 is 0 Å². The van der Waals surface area contributed by atoms with Gasteiger partial charge in [-0.05, 0) is 42.2 Å². The first-order valence-corrected chi connectivity index (χ1v) is 9.63. The van der Waals surface area contributed by atoms with E-state index in [9.17, 15) is 9.59 Å². The third kappa shape index (κ3) is 4.42. The van der Waals surface area contributed by atoms with Crippen molar-refractivity contribution >= 4 is 34.5 Å². The van der Waals surface area contributed by atoms with E-state index < -0.39 is 0 Å². The van der Waals surface area contributed by atoms with E-state index in [1.807, 2.05) is 33.9 Å². The molecular formula is C17H20N2O2S2. The molecule has 0 unspecified atom stereocenters. The molecular weight excluding hydrogens is 328 g/mol. The molecule has 122 valence electrons. The van der Waals surface area contributed by atoms with Crippen LogP contribution in [-0.2, 0) is 11.2 Å². The summed E-state index contributed by atoms with van der Waals surface area (Å²) in [5, 5.41) is 7.07. The highest BCUT2D eigenvalue weighted by Crippen LogP contribution is 2.17. The van der Waals surface area contributed by atoms with Gasteiger partial charge in [0.1, 0.15) is 0 Å². The maximum absolute atomic E-state index is 12.3. The zero-order valence-electron chi connectivity index (χ0n) is 12.9. The average Bonchev–Trinajstić information content (AvgIpc) is 3.26. The molecule has 0 aromatic carbocycles. The van der Waals surface area contributed by atoms with Crippen molar-refractivity contribution in [3.8, 4) is 0 Å². The van der Waals surface area contributed by atoms with Crippen molar-refractivity contribution in [3.05, 3.63) is 44.8 Å². The Morgan fingerprint density at radius 2 is 1.87 bits per heavy atom. The van der Waals surface area contributed by atoms with Crippen LogP contribution in [0.3, 0.4) is 0 Å². The second kappa shape index (κ2) is 7.75. The number of carbonyl (C=O) groups is 2. The van der Waals surface area contributed by atoms with E-state index in [2.05, 4.69) is 11.4 Å². The monoisotopic (exact) mass is 348 g/mol. The molecule has 1 saturated heterocycles. The average molecular weight is 348 g/mol. The van der Waals surface area contributed by atoms with Crippen molar-refractivity contribution in [1.29, 1.82) is 0 Å². The molecule has 0 spiro atoms. The number of hydrogen-bond donors (Lipinski definition) is 1. The molecule has 2 aromatic heterocycles. The van der Waals surface area contributed by atoms with Gasteiger partial charge in [-0.3, -0.25) is 9.59 Å². The van der Waals surface area contributed by atoms with Crippen LogP contribution in [0.4, 0.5) is 0 Å². The van der Waals surface area contributed by atoms with Gasteiger partial charge in [-0.1, -0.05) is 12.1 Å². The SMILES string of the molecule is O=C(CCc1cccs1)NC1CCN(C(=O)c2cccs2)CC1. The number of thiophene rings is 2. The number of amides is 2. The minimum absolute atomic E-state index is 0.112. The van der Waals surface area contributed by atoms with Crippen LogP contribution in [0.1, 0.15) is 33.8 Å². The van der Waals surface area contributed by atoms with E-state index in [-0.39, 0.29) is 17.9 Å². The van der Waals surface area contributed by atoms with Crippen LogP contribution < -0.4 is 5.32 Å². The Balaban J connectivity index is 1.40. The van der Waals surface area contributed by atoms with E-state index >= 15 is 0 Å². The molecule has 23 heavy (non-hydrogen) atoms. The minimum atomic E-state index is 0.112. The molecule has 0 aliphatic carbocycles. The maximum Gasteiger partial charge on any atom is 0.263 e. The summed E-state index contributed by atoms with van der Waals surface area (Å²) in [5.41, 5.74) is 0. The van der Waals surface area contributed by atoms with Crippen molar-refractivity contribution in [2.75, 3.05) is 13.1 Å². The summed E-state index contributed by atoms with van der Waals surface area (Å²) in [6.45, 7) is 1.43. The van der Waals surface area contributed by atoms with Gasteiger partial charge in [-0.2, -0.15) is 0 Å². The van der Waals surface area contributed by atoms with E-state index in [1.54, 1.807) is 11.3 Å². The highest BCUT2D eigenvalue weighted by Gasteiger charge is 2.24. The van der Waals surface area contributed by atoms with E-state index in [0.717, 1.165) is 24.1 Å². The van der Waals surface area contributed by atoms with Gasteiger partial charge in [0, 0.05) is 30.4 Å². The maximum atomic E-state index is 12.3. The first-order valence-electron chi connectivity index (χ1n) is 7.87. The fraction of sp³-hybridized carbons (Fsp3) is 0.412. The zero-order chi connectivity index (χ0) is 16.1. The molecule has 4 nitrogen and oxygen atoms in total. The molecule has 2 aromatic rings. The predicted octanol–water partition coefficient (Wildman–Crippen LogP) is 3.16. The van der Waals surface area contributed by atoms with E-state index in [1.165, 1.54) is 16.2 Å². The van der Waals surface area contributed by atoms with Crippen LogP contribution in [0.25, 0.3) is 0 Å². The Morgan fingerprint density at radius 1 is 1.13 bits per heavy atom. The Hall–Kier alpha value is -1.66. The molecule has 1 fully saturated rings. The van der Waals surface area contributed by atoms with Crippen LogP contribution >= 0.6 is 22.7 Å². The number of piperidine rings is 1. The first kappa shape index (κ1) is 16.2. The smallest absolute Gasteiger partial charge is 0.263 e. The predicted molar refractivity (Wildman–Crippen MR) is 94.0 cm³/mol. The Labute approximate surface area is 144 Å². The normalized spacial score (nSPS) is 15.6. The lowest BCUT2D eigenvalue weighted by atomic mass is 10.0. The van der Waals surface area contributed by atoms with Crippen molar-refractivity contribution < 1.29 is 9.59 Å². The lowest BCUT2D eigenvalue weighted by Gasteiger charge is -2.32. The first-order chi connectivity index (χ1) is 11.2. The number of nitrogens with one attached hydrogen (secondary N) is 1. The molecule has 0 atom stereocenters.